The standard InChI is InChI=1S/C21H21N2O4/c1-21(2)17-13-16(23(25)26)9-10-18(17)22(3)19(21)11-8-14-6-5-7-15(12-14)20(24)27-4/h5-13H,1-4H3/q+1/b11-8+. The summed E-state index contributed by atoms with van der Waals surface area (Å²) in [6.45, 7) is 4.09. The number of hydrogen-bond donors (Lipinski definition) is 0. The highest BCUT2D eigenvalue weighted by molar-refractivity contribution is 6.05. The Morgan fingerprint density at radius 2 is 1.93 bits per heavy atom. The fourth-order valence-electron chi connectivity index (χ4n) is 3.50. The lowest BCUT2D eigenvalue weighted by Gasteiger charge is -2.15. The Balaban J connectivity index is 1.98. The van der Waals surface area contributed by atoms with Crippen LogP contribution in [0, 0.1) is 10.1 Å². The summed E-state index contributed by atoms with van der Waals surface area (Å²) in [6.07, 6.45) is 3.92. The van der Waals surface area contributed by atoms with Crippen molar-refractivity contribution in [2.75, 3.05) is 14.2 Å². The predicted molar refractivity (Wildman–Crippen MR) is 104 cm³/mol. The Hall–Kier alpha value is -3.28. The molecular formula is C21H21N2O4+. The number of nitro benzene ring substituents is 1. The molecule has 3 rings (SSSR count). The molecule has 0 saturated heterocycles. The van der Waals surface area contributed by atoms with Gasteiger partial charge in [0, 0.05) is 29.8 Å². The molecular weight excluding hydrogens is 344 g/mol. The second kappa shape index (κ2) is 6.79. The molecule has 27 heavy (non-hydrogen) atoms. The number of carbonyl (C=O) groups is 1. The van der Waals surface area contributed by atoms with E-state index in [9.17, 15) is 14.9 Å². The first-order valence-corrected chi connectivity index (χ1v) is 8.52. The number of nitrogens with zero attached hydrogens (tertiary/aromatic N) is 2. The Morgan fingerprint density at radius 1 is 1.19 bits per heavy atom. The van der Waals surface area contributed by atoms with E-state index in [1.54, 1.807) is 30.3 Å². The van der Waals surface area contributed by atoms with Crippen LogP contribution in [0.15, 0.2) is 48.5 Å². The lowest BCUT2D eigenvalue weighted by molar-refractivity contribution is -0.402. The zero-order valence-corrected chi connectivity index (χ0v) is 15.7. The number of hydrogen-bond acceptors (Lipinski definition) is 4. The van der Waals surface area contributed by atoms with Gasteiger partial charge in [0.05, 0.1) is 23.0 Å². The van der Waals surface area contributed by atoms with E-state index in [1.165, 1.54) is 13.2 Å². The second-order valence-corrected chi connectivity index (χ2v) is 6.98. The number of benzene rings is 2. The molecule has 2 aromatic carbocycles. The van der Waals surface area contributed by atoms with Crippen molar-refractivity contribution in [2.24, 2.45) is 0 Å². The maximum Gasteiger partial charge on any atom is 0.337 e. The van der Waals surface area contributed by atoms with Crippen LogP contribution in [0.1, 0.15) is 35.3 Å². The predicted octanol–water partition coefficient (Wildman–Crippen LogP) is 4.10. The Labute approximate surface area is 157 Å². The van der Waals surface area contributed by atoms with Gasteiger partial charge < -0.3 is 4.74 Å². The minimum absolute atomic E-state index is 0.0891. The first-order chi connectivity index (χ1) is 12.8. The maximum absolute atomic E-state index is 11.7. The largest absolute Gasteiger partial charge is 0.465 e. The van der Waals surface area contributed by atoms with Gasteiger partial charge in [0.2, 0.25) is 5.69 Å². The van der Waals surface area contributed by atoms with Gasteiger partial charge in [-0.25, -0.2) is 4.79 Å². The fraction of sp³-hybridized carbons (Fsp3) is 0.238. The molecule has 6 nitrogen and oxygen atoms in total. The third kappa shape index (κ3) is 3.26. The molecule has 0 fully saturated rings. The summed E-state index contributed by atoms with van der Waals surface area (Å²) in [4.78, 5) is 22.5. The van der Waals surface area contributed by atoms with Crippen LogP contribution in [0.5, 0.6) is 0 Å². The third-order valence-corrected chi connectivity index (χ3v) is 4.97. The van der Waals surface area contributed by atoms with Crippen molar-refractivity contribution in [3.05, 3.63) is 75.3 Å². The summed E-state index contributed by atoms with van der Waals surface area (Å²) >= 11 is 0. The van der Waals surface area contributed by atoms with Crippen molar-refractivity contribution < 1.29 is 19.0 Å². The molecule has 0 spiro atoms. The van der Waals surface area contributed by atoms with E-state index >= 15 is 0 Å². The van der Waals surface area contributed by atoms with Crippen molar-refractivity contribution in [2.45, 2.75) is 19.3 Å². The molecule has 0 atom stereocenters. The van der Waals surface area contributed by atoms with E-state index in [2.05, 4.69) is 0 Å². The topological polar surface area (TPSA) is 72.5 Å². The minimum Gasteiger partial charge on any atom is -0.465 e. The molecule has 0 bridgehead atoms. The lowest BCUT2D eigenvalue weighted by Crippen LogP contribution is -2.26. The number of methoxy groups -OCH3 is 1. The van der Waals surface area contributed by atoms with Gasteiger partial charge in [-0.1, -0.05) is 12.1 Å². The summed E-state index contributed by atoms with van der Waals surface area (Å²) in [7, 11) is 3.30. The lowest BCUT2D eigenvalue weighted by atomic mass is 9.81. The number of allylic oxidation sites excluding steroid dienone is 1. The summed E-state index contributed by atoms with van der Waals surface area (Å²) in [5, 5.41) is 11.1. The van der Waals surface area contributed by atoms with Crippen LogP contribution < -0.4 is 0 Å². The van der Waals surface area contributed by atoms with Crippen LogP contribution in [0.3, 0.4) is 0 Å². The Bertz CT molecular complexity index is 1000. The van der Waals surface area contributed by atoms with E-state index < -0.39 is 0 Å². The van der Waals surface area contributed by atoms with Crippen LogP contribution >= 0.6 is 0 Å². The number of non-ortho nitro benzene ring substituents is 1. The number of rotatable bonds is 4. The van der Waals surface area contributed by atoms with Crippen molar-refractivity contribution in [3.8, 4) is 0 Å². The molecule has 0 aromatic heterocycles. The van der Waals surface area contributed by atoms with E-state index in [0.717, 1.165) is 22.5 Å². The monoisotopic (exact) mass is 365 g/mol. The first-order valence-electron chi connectivity index (χ1n) is 8.52. The Kier molecular flexibility index (Phi) is 4.66. The van der Waals surface area contributed by atoms with Crippen molar-refractivity contribution >= 4 is 29.1 Å². The summed E-state index contributed by atoms with van der Waals surface area (Å²) in [5.74, 6) is -0.379. The van der Waals surface area contributed by atoms with Gasteiger partial charge in [0.1, 0.15) is 7.05 Å². The average Bonchev–Trinajstić information content (AvgIpc) is 2.85. The van der Waals surface area contributed by atoms with Crippen molar-refractivity contribution in [1.82, 2.24) is 0 Å². The van der Waals surface area contributed by atoms with E-state index in [0.29, 0.717) is 5.56 Å². The normalized spacial score (nSPS) is 15.1. The molecule has 2 aromatic rings. The minimum atomic E-state index is -0.382. The second-order valence-electron chi connectivity index (χ2n) is 6.98. The summed E-state index contributed by atoms with van der Waals surface area (Å²) in [5.41, 5.74) is 3.95. The number of fused-ring (bicyclic) bond motifs is 1. The van der Waals surface area contributed by atoms with Crippen molar-refractivity contribution in [3.63, 3.8) is 0 Å². The molecule has 0 amide bonds. The van der Waals surface area contributed by atoms with Gasteiger partial charge >= 0.3 is 5.97 Å². The van der Waals surface area contributed by atoms with E-state index in [1.807, 2.05) is 43.7 Å². The molecule has 6 heteroatoms. The van der Waals surface area contributed by atoms with Crippen LogP contribution in [0.25, 0.3) is 6.08 Å². The molecule has 1 heterocycles. The molecule has 0 saturated carbocycles. The van der Waals surface area contributed by atoms with E-state index in [-0.39, 0.29) is 22.0 Å². The summed E-state index contributed by atoms with van der Waals surface area (Å²) < 4.78 is 6.80. The third-order valence-electron chi connectivity index (χ3n) is 4.97. The first kappa shape index (κ1) is 18.5. The van der Waals surface area contributed by atoms with Gasteiger partial charge in [0.25, 0.3) is 5.69 Å². The quantitative estimate of drug-likeness (QED) is 0.354. The number of esters is 1. The molecule has 138 valence electrons. The molecule has 0 unspecified atom stereocenters. The maximum atomic E-state index is 11.7. The van der Waals surface area contributed by atoms with Gasteiger partial charge in [-0.3, -0.25) is 10.1 Å². The molecule has 0 aliphatic carbocycles. The average molecular weight is 365 g/mol. The smallest absolute Gasteiger partial charge is 0.337 e. The zero-order valence-electron chi connectivity index (χ0n) is 15.7. The molecule has 0 radical (unpaired) electrons. The number of nitro groups is 1. The fourth-order valence-corrected chi connectivity index (χ4v) is 3.50. The highest BCUT2D eigenvalue weighted by Gasteiger charge is 2.43. The van der Waals surface area contributed by atoms with E-state index in [4.69, 9.17) is 4.74 Å². The molecule has 1 aliphatic heterocycles. The van der Waals surface area contributed by atoms with Gasteiger partial charge in [-0.05, 0) is 37.6 Å². The van der Waals surface area contributed by atoms with Crippen molar-refractivity contribution in [1.29, 1.82) is 0 Å². The highest BCUT2D eigenvalue weighted by atomic mass is 16.6. The van der Waals surface area contributed by atoms with Gasteiger partial charge in [-0.15, -0.1) is 0 Å². The molecule has 0 N–H and O–H groups in total. The molecule has 1 aliphatic rings. The van der Waals surface area contributed by atoms with Crippen LogP contribution in [0.4, 0.5) is 11.4 Å². The highest BCUT2D eigenvalue weighted by Crippen LogP contribution is 2.41. The zero-order chi connectivity index (χ0) is 19.8. The van der Waals surface area contributed by atoms with Crippen LogP contribution in [0.2, 0.25) is 0 Å². The summed E-state index contributed by atoms with van der Waals surface area (Å²) in [6, 6.07) is 12.1. The SMILES string of the molecule is COC(=O)c1cccc(/C=C/C2=[N+](C)c3ccc([N+](=O)[O-])cc3C2(C)C)c1. The Morgan fingerprint density at radius 3 is 2.59 bits per heavy atom. The number of ether oxygens (including phenoxy) is 1. The number of carbonyl (C=O) groups excluding carboxylic acids is 1. The van der Waals surface area contributed by atoms with Gasteiger partial charge in [0.15, 0.2) is 5.71 Å². The van der Waals surface area contributed by atoms with Crippen LogP contribution in [-0.2, 0) is 10.2 Å². The van der Waals surface area contributed by atoms with Gasteiger partial charge in [-0.2, -0.15) is 4.58 Å². The van der Waals surface area contributed by atoms with Crippen LogP contribution in [-0.4, -0.2) is 35.3 Å².